The van der Waals surface area contributed by atoms with E-state index in [1.165, 1.54) is 6.07 Å². The van der Waals surface area contributed by atoms with Gasteiger partial charge >= 0.3 is 145 Å². The first-order chi connectivity index (χ1) is 6.75. The average Bonchev–Trinajstić information content (AvgIpc) is 2.12. The monoisotopic (exact) mass is 248 g/mol. The fourth-order valence-corrected chi connectivity index (χ4v) is 1.97. The van der Waals surface area contributed by atoms with Gasteiger partial charge in [-0.05, 0) is 0 Å². The molecular weight excluding hydrogens is 236 g/mol. The van der Waals surface area contributed by atoms with Crippen molar-refractivity contribution in [3.8, 4) is 0 Å². The van der Waals surface area contributed by atoms with Gasteiger partial charge in [0, 0.05) is 0 Å². The molecule has 0 radical (unpaired) electrons. The first-order valence-corrected chi connectivity index (χ1v) is 6.20. The number of aryl methyl sites for hydroxylation is 1. The fourth-order valence-electron chi connectivity index (χ4n) is 1.37. The predicted octanol–water partition coefficient (Wildman–Crippen LogP) is -9.66. The van der Waals surface area contributed by atoms with Gasteiger partial charge in [0.25, 0.3) is 0 Å². The second-order valence-corrected chi connectivity index (χ2v) is 5.13. The molecule has 0 aliphatic rings. The number of hydrogen-bond donors (Lipinski definition) is 0. The van der Waals surface area contributed by atoms with Crippen LogP contribution in [0.25, 0.3) is 0 Å². The third-order valence-corrected chi connectivity index (χ3v) is 3.41. The van der Waals surface area contributed by atoms with Crippen LogP contribution in [0.1, 0.15) is 27.0 Å². The Labute approximate surface area is 144 Å². The fraction of sp³-hybridized carbons (Fsp3) is 0.300. The Kier molecular flexibility index (Phi) is 12.1. The Balaban J connectivity index is -0.000000750. The molecule has 0 bridgehead atoms. The van der Waals surface area contributed by atoms with Crippen LogP contribution in [0, 0.1) is 20.8 Å². The Morgan fingerprint density at radius 2 is 1.39 bits per heavy atom. The van der Waals surface area contributed by atoms with Crippen molar-refractivity contribution in [2.75, 3.05) is 0 Å². The Morgan fingerprint density at radius 3 is 1.78 bits per heavy atom. The molecule has 0 fully saturated rings. The summed E-state index contributed by atoms with van der Waals surface area (Å²) in [6.45, 7) is 5.27. The van der Waals surface area contributed by atoms with E-state index >= 15 is 0 Å². The van der Waals surface area contributed by atoms with E-state index in [4.69, 9.17) is 0 Å². The van der Waals surface area contributed by atoms with Crippen LogP contribution < -0.4 is 71.3 Å². The smallest absolute Gasteiger partial charge is 1.00 e. The first-order valence-electron chi connectivity index (χ1n) is 4.48. The molecule has 0 aliphatic heterocycles. The number of benzene rings is 1. The number of carbonyl (C=O) groups excluding carboxylic acids is 1. The normalized spacial score (nSPS) is 10.6. The average molecular weight is 248 g/mol. The molecule has 84 valence electrons. The van der Waals surface area contributed by atoms with Crippen molar-refractivity contribution < 1.29 is 76.1 Å². The first kappa shape index (κ1) is 24.0. The second-order valence-electron chi connectivity index (χ2n) is 3.57. The van der Waals surface area contributed by atoms with E-state index in [1.54, 1.807) is 19.9 Å². The number of carbonyl (C=O) groups is 1. The van der Waals surface area contributed by atoms with Crippen molar-refractivity contribution in [2.45, 2.75) is 20.8 Å². The van der Waals surface area contributed by atoms with Crippen LogP contribution in [0.5, 0.6) is 0 Å². The van der Waals surface area contributed by atoms with Gasteiger partial charge in [-0.25, -0.2) is 0 Å². The van der Waals surface area contributed by atoms with E-state index in [1.807, 2.05) is 6.92 Å². The minimum absolute atomic E-state index is 0. The summed E-state index contributed by atoms with van der Waals surface area (Å²) in [6, 6.07) is 3.02. The SMILES string of the molecule is Cc1ccc(C(=O)[PH]([O-])([O-])[O-])c(C)c1C.[Li+].[Li+].[Li+]. The quantitative estimate of drug-likeness (QED) is 0.384. The molecule has 0 heterocycles. The zero-order valence-electron chi connectivity index (χ0n) is 11.8. The van der Waals surface area contributed by atoms with E-state index in [0.717, 1.165) is 11.1 Å². The van der Waals surface area contributed by atoms with Crippen LogP contribution in [0.3, 0.4) is 0 Å². The molecule has 0 saturated heterocycles. The maximum absolute atomic E-state index is 11.3. The molecule has 0 atom stereocenters. The molecule has 0 saturated carbocycles. The Hall–Kier alpha value is 0.992. The van der Waals surface area contributed by atoms with Gasteiger partial charge in [0.1, 0.15) is 0 Å². The minimum Gasteiger partial charge on any atom is 1.00 e. The van der Waals surface area contributed by atoms with Crippen molar-refractivity contribution in [3.63, 3.8) is 0 Å². The van der Waals surface area contributed by atoms with Crippen molar-refractivity contribution >= 4 is 13.5 Å². The third kappa shape index (κ3) is 5.55. The van der Waals surface area contributed by atoms with Gasteiger partial charge in [0.05, 0.1) is 0 Å². The van der Waals surface area contributed by atoms with Gasteiger partial charge < -0.3 is 0 Å². The molecule has 0 aliphatic carbocycles. The zero-order chi connectivity index (χ0) is 11.8. The topological polar surface area (TPSA) is 86.2 Å². The van der Waals surface area contributed by atoms with Crippen LogP contribution in [0.4, 0.5) is 0 Å². The van der Waals surface area contributed by atoms with Crippen LogP contribution in [0.15, 0.2) is 12.1 Å². The van der Waals surface area contributed by atoms with Crippen molar-refractivity contribution in [2.24, 2.45) is 0 Å². The van der Waals surface area contributed by atoms with Crippen LogP contribution >= 0.6 is 7.94 Å². The molecule has 1 aromatic carbocycles. The van der Waals surface area contributed by atoms with Crippen LogP contribution in [-0.2, 0) is 0 Å². The summed E-state index contributed by atoms with van der Waals surface area (Å²) in [5, 5.41) is 0. The van der Waals surface area contributed by atoms with Gasteiger partial charge in [-0.1, -0.05) is 0 Å². The second kappa shape index (κ2) is 9.02. The number of hydrogen-bond acceptors (Lipinski definition) is 4. The van der Waals surface area contributed by atoms with Crippen LogP contribution in [-0.4, -0.2) is 5.52 Å². The molecule has 0 amide bonds. The van der Waals surface area contributed by atoms with Gasteiger partial charge in [-0.3, -0.25) is 0 Å². The summed E-state index contributed by atoms with van der Waals surface area (Å²) in [4.78, 5) is 43.2. The maximum atomic E-state index is 11.3. The van der Waals surface area contributed by atoms with Crippen molar-refractivity contribution in [3.05, 3.63) is 34.4 Å². The van der Waals surface area contributed by atoms with Gasteiger partial charge in [-0.2, -0.15) is 0 Å². The molecular formula is C10H12Li3O4P. The molecule has 1 rings (SSSR count). The standard InChI is InChI=1S/C10H12O4P.3Li/c1-6-4-5-9(8(3)7(6)2)10(11)15(12,13)14;;;/h4-5,15H,1-3H3;;;/q-3;3*+1. The van der Waals surface area contributed by atoms with E-state index in [2.05, 4.69) is 0 Å². The van der Waals surface area contributed by atoms with Gasteiger partial charge in [0.2, 0.25) is 0 Å². The zero-order valence-corrected chi connectivity index (χ0v) is 12.8. The maximum Gasteiger partial charge on any atom is 1.00 e. The van der Waals surface area contributed by atoms with Crippen molar-refractivity contribution in [1.82, 2.24) is 0 Å². The molecule has 0 aromatic heterocycles. The molecule has 18 heavy (non-hydrogen) atoms. The van der Waals surface area contributed by atoms with E-state index < -0.39 is 13.5 Å². The Morgan fingerprint density at radius 1 is 0.944 bits per heavy atom. The van der Waals surface area contributed by atoms with Gasteiger partial charge in [0.15, 0.2) is 0 Å². The van der Waals surface area contributed by atoms with Gasteiger partial charge in [-0.15, -0.1) is 0 Å². The summed E-state index contributed by atoms with van der Waals surface area (Å²) in [7, 11) is -5.46. The Bertz CT molecular complexity index is 418. The summed E-state index contributed by atoms with van der Waals surface area (Å²) in [5.41, 5.74) is 1.03. The summed E-state index contributed by atoms with van der Waals surface area (Å²) < 4.78 is 0. The van der Waals surface area contributed by atoms with E-state index in [0.29, 0.717) is 5.56 Å². The van der Waals surface area contributed by atoms with Crippen molar-refractivity contribution in [1.29, 1.82) is 0 Å². The van der Waals surface area contributed by atoms with Crippen LogP contribution in [0.2, 0.25) is 0 Å². The predicted molar refractivity (Wildman–Crippen MR) is 53.3 cm³/mol. The minimum atomic E-state index is -5.46. The summed E-state index contributed by atoms with van der Waals surface area (Å²) in [6.07, 6.45) is 0. The molecule has 4 nitrogen and oxygen atoms in total. The third-order valence-electron chi connectivity index (χ3n) is 2.58. The summed E-state index contributed by atoms with van der Waals surface area (Å²) in [5.74, 6) is 0. The number of rotatable bonds is 2. The molecule has 1 aromatic rings. The summed E-state index contributed by atoms with van der Waals surface area (Å²) >= 11 is 0. The molecule has 0 unspecified atom stereocenters. The molecule has 8 heteroatoms. The van der Waals surface area contributed by atoms with E-state index in [-0.39, 0.29) is 62.1 Å². The van der Waals surface area contributed by atoms with E-state index in [9.17, 15) is 19.5 Å². The molecule has 0 spiro atoms. The molecule has 0 N–H and O–H groups in total. The largest absolute Gasteiger partial charge is 1.00 e.